The number of amides is 1. The highest BCUT2D eigenvalue weighted by molar-refractivity contribution is 6.62. The van der Waals surface area contributed by atoms with Gasteiger partial charge in [-0.3, -0.25) is 9.78 Å². The zero-order valence-corrected chi connectivity index (χ0v) is 18.2. The third kappa shape index (κ3) is 3.49. The largest absolute Gasteiger partial charge is 0.494 e. The van der Waals surface area contributed by atoms with E-state index in [-0.39, 0.29) is 24.2 Å². The van der Waals surface area contributed by atoms with Crippen LogP contribution in [0.5, 0.6) is 0 Å². The summed E-state index contributed by atoms with van der Waals surface area (Å²) < 4.78 is 12.4. The van der Waals surface area contributed by atoms with Crippen LogP contribution in [0.4, 0.5) is 5.69 Å². The molecule has 29 heavy (non-hydrogen) atoms. The summed E-state index contributed by atoms with van der Waals surface area (Å²) in [5, 5.41) is 0. The van der Waals surface area contributed by atoms with Gasteiger partial charge in [-0.15, -0.1) is 0 Å². The van der Waals surface area contributed by atoms with Crippen molar-refractivity contribution < 1.29 is 14.1 Å². The van der Waals surface area contributed by atoms with Gasteiger partial charge in [-0.2, -0.15) is 0 Å². The monoisotopic (exact) mass is 392 g/mol. The standard InChI is InChI=1S/C23H29BN2O3/c1-15-12-19(24-28-22(3,4)23(5,6)29-24)13-18-9-11-26(21(15)18)20(27)14-17-8-7-10-25-16(17)2/h7-8,10,12-13H,9,11,14H2,1-6H3. The molecule has 0 atom stereocenters. The molecule has 0 saturated carbocycles. The second-order valence-electron chi connectivity index (χ2n) is 9.15. The van der Waals surface area contributed by atoms with Gasteiger partial charge in [0.1, 0.15) is 0 Å². The number of hydrogen-bond acceptors (Lipinski definition) is 4. The number of nitrogens with zero attached hydrogens (tertiary/aromatic N) is 2. The van der Waals surface area contributed by atoms with Crippen molar-refractivity contribution in [3.05, 3.63) is 52.8 Å². The molecule has 1 amide bonds. The summed E-state index contributed by atoms with van der Waals surface area (Å²) >= 11 is 0. The average Bonchev–Trinajstić information content (AvgIpc) is 3.15. The van der Waals surface area contributed by atoms with Crippen molar-refractivity contribution >= 4 is 24.2 Å². The fourth-order valence-corrected chi connectivity index (χ4v) is 4.13. The van der Waals surface area contributed by atoms with Gasteiger partial charge >= 0.3 is 7.12 Å². The first-order valence-corrected chi connectivity index (χ1v) is 10.3. The second kappa shape index (κ2) is 6.96. The van der Waals surface area contributed by atoms with Gasteiger partial charge in [0.25, 0.3) is 0 Å². The zero-order chi connectivity index (χ0) is 21.0. The molecule has 1 aromatic heterocycles. The highest BCUT2D eigenvalue weighted by Crippen LogP contribution is 2.38. The zero-order valence-electron chi connectivity index (χ0n) is 18.2. The van der Waals surface area contributed by atoms with Crippen molar-refractivity contribution in [1.82, 2.24) is 4.98 Å². The molecular weight excluding hydrogens is 363 g/mol. The molecule has 2 aromatic rings. The minimum absolute atomic E-state index is 0.117. The molecule has 2 aliphatic rings. The van der Waals surface area contributed by atoms with Crippen LogP contribution in [-0.2, 0) is 26.9 Å². The number of carbonyl (C=O) groups excluding carboxylic acids is 1. The lowest BCUT2D eigenvalue weighted by Crippen LogP contribution is -2.41. The second-order valence-corrected chi connectivity index (χ2v) is 9.15. The van der Waals surface area contributed by atoms with Crippen molar-refractivity contribution in [2.75, 3.05) is 11.4 Å². The van der Waals surface area contributed by atoms with Crippen LogP contribution in [-0.4, -0.2) is 35.8 Å². The summed E-state index contributed by atoms with van der Waals surface area (Å²) in [7, 11) is -0.383. The van der Waals surface area contributed by atoms with E-state index in [2.05, 4.69) is 51.7 Å². The molecule has 1 aromatic carbocycles. The van der Waals surface area contributed by atoms with Crippen molar-refractivity contribution in [3.63, 3.8) is 0 Å². The molecule has 4 rings (SSSR count). The van der Waals surface area contributed by atoms with E-state index in [0.29, 0.717) is 13.0 Å². The maximum absolute atomic E-state index is 13.0. The third-order valence-corrected chi connectivity index (χ3v) is 6.56. The van der Waals surface area contributed by atoms with Crippen molar-refractivity contribution in [2.24, 2.45) is 0 Å². The third-order valence-electron chi connectivity index (χ3n) is 6.56. The summed E-state index contributed by atoms with van der Waals surface area (Å²) in [6.07, 6.45) is 2.98. The molecule has 5 nitrogen and oxygen atoms in total. The fraction of sp³-hybridized carbons (Fsp3) is 0.478. The van der Waals surface area contributed by atoms with Gasteiger partial charge in [-0.25, -0.2) is 0 Å². The van der Waals surface area contributed by atoms with Crippen molar-refractivity contribution in [1.29, 1.82) is 0 Å². The molecule has 2 aliphatic heterocycles. The van der Waals surface area contributed by atoms with Gasteiger partial charge in [0.05, 0.1) is 17.6 Å². The van der Waals surface area contributed by atoms with Crippen molar-refractivity contribution in [2.45, 2.75) is 65.6 Å². The lowest BCUT2D eigenvalue weighted by molar-refractivity contribution is -0.117. The number of rotatable bonds is 3. The molecule has 0 spiro atoms. The Morgan fingerprint density at radius 1 is 1.17 bits per heavy atom. The minimum Gasteiger partial charge on any atom is -0.399 e. The normalized spacial score (nSPS) is 19.5. The van der Waals surface area contributed by atoms with Gasteiger partial charge in [-0.1, -0.05) is 18.2 Å². The first kappa shape index (κ1) is 20.1. The van der Waals surface area contributed by atoms with Crippen LogP contribution < -0.4 is 10.4 Å². The highest BCUT2D eigenvalue weighted by atomic mass is 16.7. The summed E-state index contributed by atoms with van der Waals surface area (Å²) in [5.41, 5.74) is 5.49. The van der Waals surface area contributed by atoms with Gasteiger partial charge in [-0.05, 0) is 76.2 Å². The smallest absolute Gasteiger partial charge is 0.399 e. The quantitative estimate of drug-likeness (QED) is 0.754. The molecule has 0 unspecified atom stereocenters. The predicted molar refractivity (Wildman–Crippen MR) is 116 cm³/mol. The van der Waals surface area contributed by atoms with Crippen LogP contribution in [0.25, 0.3) is 0 Å². The van der Waals surface area contributed by atoms with Gasteiger partial charge in [0.2, 0.25) is 5.91 Å². The van der Waals surface area contributed by atoms with Crippen LogP contribution in [0.15, 0.2) is 30.5 Å². The molecule has 0 N–H and O–H groups in total. The Hall–Kier alpha value is -2.18. The maximum Gasteiger partial charge on any atom is 0.494 e. The lowest BCUT2D eigenvalue weighted by atomic mass is 9.77. The Kier molecular flexibility index (Phi) is 4.83. The number of fused-ring (bicyclic) bond motifs is 1. The number of pyridine rings is 1. The van der Waals surface area contributed by atoms with E-state index >= 15 is 0 Å². The van der Waals surface area contributed by atoms with Crippen LogP contribution in [0.2, 0.25) is 0 Å². The lowest BCUT2D eigenvalue weighted by Gasteiger charge is -2.32. The number of carbonyl (C=O) groups is 1. The van der Waals surface area contributed by atoms with Crippen LogP contribution >= 0.6 is 0 Å². The van der Waals surface area contributed by atoms with Crippen LogP contribution in [0.1, 0.15) is 50.1 Å². The van der Waals surface area contributed by atoms with E-state index in [4.69, 9.17) is 9.31 Å². The maximum atomic E-state index is 13.0. The van der Waals surface area contributed by atoms with Crippen molar-refractivity contribution in [3.8, 4) is 0 Å². The Labute approximate surface area is 173 Å². The van der Waals surface area contributed by atoms with E-state index in [1.54, 1.807) is 6.20 Å². The molecule has 1 fully saturated rings. The minimum atomic E-state index is -0.383. The summed E-state index contributed by atoms with van der Waals surface area (Å²) in [6, 6.07) is 8.11. The Bertz CT molecular complexity index is 955. The fourth-order valence-electron chi connectivity index (χ4n) is 4.13. The number of hydrogen-bond donors (Lipinski definition) is 0. The summed E-state index contributed by atoms with van der Waals surface area (Å²) in [5.74, 6) is 0.117. The van der Waals surface area contributed by atoms with E-state index in [9.17, 15) is 4.79 Å². The first-order chi connectivity index (χ1) is 13.6. The Morgan fingerprint density at radius 3 is 2.52 bits per heavy atom. The molecule has 6 heteroatoms. The number of benzene rings is 1. The Morgan fingerprint density at radius 2 is 1.86 bits per heavy atom. The number of anilines is 1. The Balaban J connectivity index is 1.59. The van der Waals surface area contributed by atoms with Gasteiger partial charge in [0, 0.05) is 24.1 Å². The van der Waals surface area contributed by atoms with Gasteiger partial charge in [0.15, 0.2) is 0 Å². The molecule has 0 bridgehead atoms. The van der Waals surface area contributed by atoms with Crippen LogP contribution in [0.3, 0.4) is 0 Å². The van der Waals surface area contributed by atoms with Crippen LogP contribution in [0, 0.1) is 13.8 Å². The predicted octanol–water partition coefficient (Wildman–Crippen LogP) is 3.13. The number of aryl methyl sites for hydroxylation is 2. The summed E-state index contributed by atoms with van der Waals surface area (Å²) in [6.45, 7) is 13.0. The topological polar surface area (TPSA) is 51.7 Å². The van der Waals surface area contributed by atoms with E-state index < -0.39 is 0 Å². The van der Waals surface area contributed by atoms with E-state index in [0.717, 1.165) is 34.4 Å². The van der Waals surface area contributed by atoms with Gasteiger partial charge < -0.3 is 14.2 Å². The highest BCUT2D eigenvalue weighted by Gasteiger charge is 2.52. The number of aromatic nitrogens is 1. The molecular formula is C23H29BN2O3. The average molecular weight is 392 g/mol. The summed E-state index contributed by atoms with van der Waals surface area (Å²) in [4.78, 5) is 19.3. The molecule has 152 valence electrons. The molecule has 1 saturated heterocycles. The van der Waals surface area contributed by atoms with E-state index in [1.807, 2.05) is 24.0 Å². The van der Waals surface area contributed by atoms with E-state index in [1.165, 1.54) is 5.56 Å². The SMILES string of the molecule is Cc1cc(B2OC(C)(C)C(C)(C)O2)cc2c1N(C(=O)Cc1cccnc1C)CC2. The molecule has 0 radical (unpaired) electrons. The molecule has 0 aliphatic carbocycles. The molecule has 3 heterocycles. The first-order valence-electron chi connectivity index (χ1n) is 10.3.